The summed E-state index contributed by atoms with van der Waals surface area (Å²) < 4.78 is 0. The van der Waals surface area contributed by atoms with Crippen LogP contribution in [0.3, 0.4) is 0 Å². The molecule has 1 aromatic rings. The molecule has 16 heavy (non-hydrogen) atoms. The predicted molar refractivity (Wildman–Crippen MR) is 68.4 cm³/mol. The van der Waals surface area contributed by atoms with E-state index in [0.717, 1.165) is 5.56 Å². The maximum absolute atomic E-state index is 6.22. The Morgan fingerprint density at radius 1 is 1.44 bits per heavy atom. The summed E-state index contributed by atoms with van der Waals surface area (Å²) in [5, 5.41) is 0.550. The maximum atomic E-state index is 6.22. The molecular formula is C11H19ClN4. The van der Waals surface area contributed by atoms with Crippen molar-refractivity contribution in [2.75, 3.05) is 19.8 Å². The molecule has 0 aromatic carbocycles. The molecule has 1 unspecified atom stereocenters. The minimum Gasteiger partial charge on any atom is -0.383 e. The van der Waals surface area contributed by atoms with Gasteiger partial charge in [-0.15, -0.1) is 0 Å². The van der Waals surface area contributed by atoms with Gasteiger partial charge in [-0.3, -0.25) is 0 Å². The molecule has 1 atom stereocenters. The number of halogens is 1. The standard InChI is InChI=1S/C11H19ClN4/c1-11(2,16(3)4)9(13)8-5-7(12)6-15-10(8)14/h5-6,9H,13H2,1-4H3,(H2,14,15). The van der Waals surface area contributed by atoms with E-state index in [1.54, 1.807) is 6.07 Å². The lowest BCUT2D eigenvalue weighted by atomic mass is 9.88. The summed E-state index contributed by atoms with van der Waals surface area (Å²) in [6.45, 7) is 4.11. The number of anilines is 1. The van der Waals surface area contributed by atoms with Gasteiger partial charge in [0.2, 0.25) is 0 Å². The summed E-state index contributed by atoms with van der Waals surface area (Å²) in [6, 6.07) is 1.54. The number of hydrogen-bond donors (Lipinski definition) is 2. The van der Waals surface area contributed by atoms with E-state index in [1.165, 1.54) is 6.20 Å². The summed E-state index contributed by atoms with van der Waals surface area (Å²) in [7, 11) is 3.96. The number of nitrogens with zero attached hydrogens (tertiary/aromatic N) is 2. The Bertz CT molecular complexity index is 376. The third kappa shape index (κ3) is 2.45. The van der Waals surface area contributed by atoms with Crippen LogP contribution in [0.4, 0.5) is 5.82 Å². The van der Waals surface area contributed by atoms with Gasteiger partial charge < -0.3 is 16.4 Å². The van der Waals surface area contributed by atoms with Crippen molar-refractivity contribution in [3.8, 4) is 0 Å². The van der Waals surface area contributed by atoms with E-state index >= 15 is 0 Å². The van der Waals surface area contributed by atoms with Crippen LogP contribution in [-0.2, 0) is 0 Å². The Hall–Kier alpha value is -0.840. The predicted octanol–water partition coefficient (Wildman–Crippen LogP) is 1.66. The van der Waals surface area contributed by atoms with Crippen molar-refractivity contribution in [2.24, 2.45) is 5.73 Å². The van der Waals surface area contributed by atoms with Gasteiger partial charge in [0.25, 0.3) is 0 Å². The Morgan fingerprint density at radius 3 is 2.50 bits per heavy atom. The van der Waals surface area contributed by atoms with Gasteiger partial charge in [-0.05, 0) is 34.0 Å². The zero-order chi connectivity index (χ0) is 12.5. The molecular weight excluding hydrogens is 224 g/mol. The topological polar surface area (TPSA) is 68.2 Å². The number of nitrogens with two attached hydrogens (primary N) is 2. The Labute approximate surface area is 102 Å². The molecule has 0 spiro atoms. The van der Waals surface area contributed by atoms with Crippen LogP contribution < -0.4 is 11.5 Å². The van der Waals surface area contributed by atoms with Gasteiger partial charge in [0.15, 0.2) is 0 Å². The second kappa shape index (κ2) is 4.57. The summed E-state index contributed by atoms with van der Waals surface area (Å²) in [5.41, 5.74) is 12.6. The molecule has 0 aliphatic heterocycles. The van der Waals surface area contributed by atoms with Crippen LogP contribution >= 0.6 is 11.6 Å². The van der Waals surface area contributed by atoms with Crippen LogP contribution in [-0.4, -0.2) is 29.5 Å². The third-order valence-electron chi connectivity index (χ3n) is 3.16. The van der Waals surface area contributed by atoms with Crippen molar-refractivity contribution in [2.45, 2.75) is 25.4 Å². The maximum Gasteiger partial charge on any atom is 0.128 e. The molecule has 0 bridgehead atoms. The Balaban J connectivity index is 3.14. The van der Waals surface area contributed by atoms with Crippen molar-refractivity contribution in [3.05, 3.63) is 22.8 Å². The second-order valence-corrected chi connectivity index (χ2v) is 5.09. The molecule has 0 saturated carbocycles. The number of hydrogen-bond acceptors (Lipinski definition) is 4. The number of pyridine rings is 1. The monoisotopic (exact) mass is 242 g/mol. The molecule has 0 saturated heterocycles. The van der Waals surface area contributed by atoms with E-state index in [0.29, 0.717) is 10.8 Å². The fourth-order valence-corrected chi connectivity index (χ4v) is 1.54. The fraction of sp³-hybridized carbons (Fsp3) is 0.545. The largest absolute Gasteiger partial charge is 0.383 e. The van der Waals surface area contributed by atoms with Gasteiger partial charge in [-0.2, -0.15) is 0 Å². The number of likely N-dealkylation sites (N-methyl/N-ethyl adjacent to an activating group) is 1. The first-order valence-electron chi connectivity index (χ1n) is 5.10. The minimum atomic E-state index is -0.242. The first kappa shape index (κ1) is 13.2. The van der Waals surface area contributed by atoms with Gasteiger partial charge >= 0.3 is 0 Å². The molecule has 1 aromatic heterocycles. The van der Waals surface area contributed by atoms with E-state index < -0.39 is 0 Å². The summed E-state index contributed by atoms with van der Waals surface area (Å²) >= 11 is 5.90. The van der Waals surface area contributed by atoms with Gasteiger partial charge in [0, 0.05) is 17.3 Å². The second-order valence-electron chi connectivity index (χ2n) is 4.65. The van der Waals surface area contributed by atoms with Gasteiger partial charge in [-0.25, -0.2) is 4.98 Å². The lowest BCUT2D eigenvalue weighted by molar-refractivity contribution is 0.159. The average Bonchev–Trinajstić information content (AvgIpc) is 2.20. The zero-order valence-electron chi connectivity index (χ0n) is 10.2. The number of aromatic nitrogens is 1. The highest BCUT2D eigenvalue weighted by Crippen LogP contribution is 2.31. The highest BCUT2D eigenvalue weighted by molar-refractivity contribution is 6.30. The van der Waals surface area contributed by atoms with Crippen LogP contribution in [0.15, 0.2) is 12.3 Å². The SMILES string of the molecule is CN(C)C(C)(C)C(N)c1cc(Cl)cnc1N. The molecule has 0 fully saturated rings. The molecule has 0 aliphatic rings. The molecule has 0 aliphatic carbocycles. The van der Waals surface area contributed by atoms with Gasteiger partial charge in [-0.1, -0.05) is 11.6 Å². The van der Waals surface area contributed by atoms with Gasteiger partial charge in [0.05, 0.1) is 11.1 Å². The summed E-state index contributed by atoms with van der Waals surface area (Å²) in [4.78, 5) is 6.07. The van der Waals surface area contributed by atoms with Crippen molar-refractivity contribution < 1.29 is 0 Å². The average molecular weight is 243 g/mol. The van der Waals surface area contributed by atoms with E-state index in [4.69, 9.17) is 23.1 Å². The quantitative estimate of drug-likeness (QED) is 0.846. The van der Waals surface area contributed by atoms with Crippen LogP contribution in [0.2, 0.25) is 5.02 Å². The first-order valence-corrected chi connectivity index (χ1v) is 5.48. The summed E-state index contributed by atoms with van der Waals surface area (Å²) in [5.74, 6) is 0.437. The van der Waals surface area contributed by atoms with E-state index in [-0.39, 0.29) is 11.6 Å². The van der Waals surface area contributed by atoms with Crippen LogP contribution in [0.25, 0.3) is 0 Å². The minimum absolute atomic E-state index is 0.222. The van der Waals surface area contributed by atoms with E-state index in [9.17, 15) is 0 Å². The number of rotatable bonds is 3. The van der Waals surface area contributed by atoms with Crippen molar-refractivity contribution in [1.82, 2.24) is 9.88 Å². The molecule has 4 N–H and O–H groups in total. The lowest BCUT2D eigenvalue weighted by Crippen LogP contribution is -2.47. The Morgan fingerprint density at radius 2 is 2.00 bits per heavy atom. The third-order valence-corrected chi connectivity index (χ3v) is 3.37. The smallest absolute Gasteiger partial charge is 0.128 e. The molecule has 0 amide bonds. The Kier molecular flexibility index (Phi) is 3.78. The summed E-state index contributed by atoms with van der Waals surface area (Å²) in [6.07, 6.45) is 1.52. The van der Waals surface area contributed by atoms with Gasteiger partial charge in [0.1, 0.15) is 5.82 Å². The lowest BCUT2D eigenvalue weighted by Gasteiger charge is -2.38. The molecule has 1 heterocycles. The van der Waals surface area contributed by atoms with E-state index in [1.807, 2.05) is 14.1 Å². The zero-order valence-corrected chi connectivity index (χ0v) is 10.9. The van der Waals surface area contributed by atoms with Crippen molar-refractivity contribution >= 4 is 17.4 Å². The van der Waals surface area contributed by atoms with Crippen LogP contribution in [0.1, 0.15) is 25.5 Å². The molecule has 4 nitrogen and oxygen atoms in total. The fourth-order valence-electron chi connectivity index (χ4n) is 1.37. The highest BCUT2D eigenvalue weighted by atomic mass is 35.5. The van der Waals surface area contributed by atoms with Crippen molar-refractivity contribution in [3.63, 3.8) is 0 Å². The molecule has 0 radical (unpaired) electrons. The van der Waals surface area contributed by atoms with Crippen LogP contribution in [0, 0.1) is 0 Å². The highest BCUT2D eigenvalue weighted by Gasteiger charge is 2.31. The first-order chi connectivity index (χ1) is 7.26. The molecule has 5 heteroatoms. The van der Waals surface area contributed by atoms with Crippen molar-refractivity contribution in [1.29, 1.82) is 0 Å². The number of nitrogen functional groups attached to an aromatic ring is 1. The normalized spacial score (nSPS) is 14.2. The molecule has 1 rings (SSSR count). The van der Waals surface area contributed by atoms with E-state index in [2.05, 4.69) is 23.7 Å². The molecule has 90 valence electrons. The van der Waals surface area contributed by atoms with Crippen LogP contribution in [0.5, 0.6) is 0 Å².